The van der Waals surface area contributed by atoms with Gasteiger partial charge in [0, 0.05) is 44.5 Å². The summed E-state index contributed by atoms with van der Waals surface area (Å²) in [5.41, 5.74) is 1.02. The summed E-state index contributed by atoms with van der Waals surface area (Å²) in [6, 6.07) is 3.91. The van der Waals surface area contributed by atoms with E-state index in [2.05, 4.69) is 37.3 Å². The molecule has 2 aromatic rings. The summed E-state index contributed by atoms with van der Waals surface area (Å²) in [6.07, 6.45) is 1.80. The molecule has 3 heterocycles. The molecular weight excluding hydrogens is 312 g/mol. The van der Waals surface area contributed by atoms with Gasteiger partial charge in [0.05, 0.1) is 0 Å². The first-order valence-corrected chi connectivity index (χ1v) is 8.41. The Hall–Kier alpha value is -2.06. The van der Waals surface area contributed by atoms with Gasteiger partial charge in [0.1, 0.15) is 10.8 Å². The van der Waals surface area contributed by atoms with E-state index in [4.69, 9.17) is 0 Å². The fraction of sp³-hybridized carbons (Fsp3) is 0.467. The zero-order valence-corrected chi connectivity index (χ0v) is 14.1. The molecule has 2 aromatic heterocycles. The van der Waals surface area contributed by atoms with Gasteiger partial charge in [-0.3, -0.25) is 4.79 Å². The van der Waals surface area contributed by atoms with Gasteiger partial charge in [0.2, 0.25) is 5.01 Å². The van der Waals surface area contributed by atoms with Crippen LogP contribution in [0.15, 0.2) is 18.3 Å². The van der Waals surface area contributed by atoms with Crippen LogP contribution in [0.2, 0.25) is 0 Å². The SMILES string of the molecule is Cc1nnc(C(=O)NCc2cccnc2N2CCN(C)CC2)s1. The molecule has 0 aliphatic carbocycles. The lowest BCUT2D eigenvalue weighted by molar-refractivity contribution is 0.0950. The number of pyridine rings is 1. The van der Waals surface area contributed by atoms with E-state index in [-0.39, 0.29) is 5.91 Å². The number of hydrogen-bond donors (Lipinski definition) is 1. The number of carbonyl (C=O) groups excluding carboxylic acids is 1. The molecule has 0 radical (unpaired) electrons. The molecule has 1 N–H and O–H groups in total. The Bertz CT molecular complexity index is 680. The first kappa shape index (κ1) is 15.8. The second-order valence-electron chi connectivity index (χ2n) is 5.59. The van der Waals surface area contributed by atoms with Crippen molar-refractivity contribution < 1.29 is 4.79 Å². The maximum atomic E-state index is 12.1. The first-order valence-electron chi connectivity index (χ1n) is 7.59. The van der Waals surface area contributed by atoms with Crippen molar-refractivity contribution in [2.24, 2.45) is 0 Å². The highest BCUT2D eigenvalue weighted by Crippen LogP contribution is 2.19. The Morgan fingerprint density at radius 2 is 2.09 bits per heavy atom. The normalized spacial score (nSPS) is 15.7. The number of piperazine rings is 1. The van der Waals surface area contributed by atoms with Gasteiger partial charge in [0.15, 0.2) is 0 Å². The fourth-order valence-electron chi connectivity index (χ4n) is 2.51. The number of likely N-dealkylation sites (N-methyl/N-ethyl adjacent to an activating group) is 1. The van der Waals surface area contributed by atoms with Gasteiger partial charge in [0.25, 0.3) is 5.91 Å². The highest BCUT2D eigenvalue weighted by Gasteiger charge is 2.18. The topological polar surface area (TPSA) is 74.2 Å². The molecule has 7 nitrogen and oxygen atoms in total. The molecule has 122 valence electrons. The maximum Gasteiger partial charge on any atom is 0.282 e. The third kappa shape index (κ3) is 3.83. The van der Waals surface area contributed by atoms with Crippen LogP contribution in [0.25, 0.3) is 0 Å². The standard InChI is InChI=1S/C15H20N6OS/c1-11-18-19-15(23-11)14(22)17-10-12-4-3-5-16-13(12)21-8-6-20(2)7-9-21/h3-5H,6-10H2,1-2H3,(H,17,22). The van der Waals surface area contributed by atoms with Gasteiger partial charge in [-0.25, -0.2) is 4.98 Å². The van der Waals surface area contributed by atoms with Gasteiger partial charge < -0.3 is 15.1 Å². The zero-order chi connectivity index (χ0) is 16.2. The van der Waals surface area contributed by atoms with Crippen LogP contribution in [-0.2, 0) is 6.54 Å². The van der Waals surface area contributed by atoms with Crippen LogP contribution in [0.5, 0.6) is 0 Å². The molecule has 0 bridgehead atoms. The zero-order valence-electron chi connectivity index (χ0n) is 13.3. The van der Waals surface area contributed by atoms with Crippen molar-refractivity contribution >= 4 is 23.1 Å². The van der Waals surface area contributed by atoms with Gasteiger partial charge in [-0.1, -0.05) is 17.4 Å². The molecule has 1 amide bonds. The molecule has 0 unspecified atom stereocenters. The van der Waals surface area contributed by atoms with E-state index >= 15 is 0 Å². The van der Waals surface area contributed by atoms with Crippen molar-refractivity contribution in [1.29, 1.82) is 0 Å². The van der Waals surface area contributed by atoms with Crippen LogP contribution in [0.4, 0.5) is 5.82 Å². The number of nitrogens with zero attached hydrogens (tertiary/aromatic N) is 5. The summed E-state index contributed by atoms with van der Waals surface area (Å²) in [5, 5.41) is 11.8. The van der Waals surface area contributed by atoms with Crippen LogP contribution in [0.1, 0.15) is 20.4 Å². The van der Waals surface area contributed by atoms with Crippen molar-refractivity contribution in [2.75, 3.05) is 38.1 Å². The summed E-state index contributed by atoms with van der Waals surface area (Å²) in [7, 11) is 2.13. The molecule has 1 saturated heterocycles. The van der Waals surface area contributed by atoms with Crippen LogP contribution in [-0.4, -0.2) is 59.2 Å². The molecule has 8 heteroatoms. The quantitative estimate of drug-likeness (QED) is 0.898. The lowest BCUT2D eigenvalue weighted by atomic mass is 10.2. The largest absolute Gasteiger partial charge is 0.354 e. The fourth-order valence-corrected chi connectivity index (χ4v) is 3.12. The first-order chi connectivity index (χ1) is 11.1. The lowest BCUT2D eigenvalue weighted by Gasteiger charge is -2.34. The second kappa shape index (κ2) is 7.01. The number of carbonyl (C=O) groups is 1. The third-order valence-electron chi connectivity index (χ3n) is 3.83. The number of rotatable bonds is 4. The Morgan fingerprint density at radius 1 is 1.30 bits per heavy atom. The molecule has 23 heavy (non-hydrogen) atoms. The molecule has 0 spiro atoms. The van der Waals surface area contributed by atoms with E-state index in [1.807, 2.05) is 19.1 Å². The van der Waals surface area contributed by atoms with Crippen LogP contribution < -0.4 is 10.2 Å². The predicted octanol–water partition coefficient (Wildman–Crippen LogP) is 0.923. The van der Waals surface area contributed by atoms with Gasteiger partial charge >= 0.3 is 0 Å². The van der Waals surface area contributed by atoms with Gasteiger partial charge in [-0.15, -0.1) is 10.2 Å². The van der Waals surface area contributed by atoms with E-state index in [1.54, 1.807) is 6.20 Å². The summed E-state index contributed by atoms with van der Waals surface area (Å²) in [6.45, 7) is 6.21. The minimum atomic E-state index is -0.191. The van der Waals surface area contributed by atoms with E-state index in [9.17, 15) is 4.79 Å². The van der Waals surface area contributed by atoms with Crippen LogP contribution in [0.3, 0.4) is 0 Å². The summed E-state index contributed by atoms with van der Waals surface area (Å²) in [4.78, 5) is 21.2. The van der Waals surface area contributed by atoms with Crippen molar-refractivity contribution in [3.05, 3.63) is 33.9 Å². The van der Waals surface area contributed by atoms with Gasteiger partial charge in [-0.2, -0.15) is 0 Å². The molecule has 0 atom stereocenters. The smallest absolute Gasteiger partial charge is 0.282 e. The minimum absolute atomic E-state index is 0.191. The van der Waals surface area contributed by atoms with Crippen LogP contribution >= 0.6 is 11.3 Å². The Labute approximate surface area is 139 Å². The van der Waals surface area contributed by atoms with E-state index in [1.165, 1.54) is 11.3 Å². The minimum Gasteiger partial charge on any atom is -0.354 e. The Balaban J connectivity index is 1.67. The maximum absolute atomic E-state index is 12.1. The summed E-state index contributed by atoms with van der Waals surface area (Å²) in [5.74, 6) is 0.762. The van der Waals surface area contributed by atoms with E-state index in [0.717, 1.165) is 42.6 Å². The number of amides is 1. The molecule has 3 rings (SSSR count). The number of hydrogen-bond acceptors (Lipinski definition) is 7. The Kier molecular flexibility index (Phi) is 4.82. The molecule has 1 fully saturated rings. The number of nitrogens with one attached hydrogen (secondary N) is 1. The average Bonchev–Trinajstić information content (AvgIpc) is 3.00. The van der Waals surface area contributed by atoms with Crippen molar-refractivity contribution in [1.82, 2.24) is 25.4 Å². The number of anilines is 1. The third-order valence-corrected chi connectivity index (χ3v) is 4.67. The average molecular weight is 332 g/mol. The molecule has 0 aromatic carbocycles. The predicted molar refractivity (Wildman–Crippen MR) is 89.8 cm³/mol. The van der Waals surface area contributed by atoms with E-state index in [0.29, 0.717) is 11.6 Å². The van der Waals surface area contributed by atoms with Crippen molar-refractivity contribution in [3.63, 3.8) is 0 Å². The van der Waals surface area contributed by atoms with Crippen LogP contribution in [0, 0.1) is 6.92 Å². The molecule has 1 aliphatic rings. The van der Waals surface area contributed by atoms with Crippen molar-refractivity contribution in [3.8, 4) is 0 Å². The number of aryl methyl sites for hydroxylation is 1. The van der Waals surface area contributed by atoms with Crippen molar-refractivity contribution in [2.45, 2.75) is 13.5 Å². The molecule has 1 aliphatic heterocycles. The highest BCUT2D eigenvalue weighted by atomic mass is 32.1. The highest BCUT2D eigenvalue weighted by molar-refractivity contribution is 7.13. The molecular formula is C15H20N6OS. The second-order valence-corrected chi connectivity index (χ2v) is 6.77. The summed E-state index contributed by atoms with van der Waals surface area (Å²) >= 11 is 1.30. The van der Waals surface area contributed by atoms with E-state index < -0.39 is 0 Å². The Morgan fingerprint density at radius 3 is 2.78 bits per heavy atom. The van der Waals surface area contributed by atoms with Gasteiger partial charge in [-0.05, 0) is 20.0 Å². The number of aromatic nitrogens is 3. The monoisotopic (exact) mass is 332 g/mol. The summed E-state index contributed by atoms with van der Waals surface area (Å²) < 4.78 is 0. The molecule has 0 saturated carbocycles. The lowest BCUT2D eigenvalue weighted by Crippen LogP contribution is -2.45.